The lowest BCUT2D eigenvalue weighted by Gasteiger charge is -2.17. The van der Waals surface area contributed by atoms with E-state index in [4.69, 9.17) is 10.2 Å². The zero-order valence-corrected chi connectivity index (χ0v) is 25.9. The second-order valence-corrected chi connectivity index (χ2v) is 12.0. The molecule has 47 heavy (non-hydrogen) atoms. The SMILES string of the molecule is N[C@H](Cc1ccccc1)c1ccc(Nc2ccc(-c3cccc4c3oc3ccccc34)cc2-c2cccc(-c3ccccc3)c2)cc1. The van der Waals surface area contributed by atoms with Crippen LogP contribution in [-0.2, 0) is 6.42 Å². The number of fused-ring (bicyclic) bond motifs is 3. The first-order chi connectivity index (χ1) is 23.2. The third kappa shape index (κ3) is 5.81. The minimum absolute atomic E-state index is 0.0667. The Morgan fingerprint density at radius 2 is 1.17 bits per heavy atom. The Bertz CT molecular complexity index is 2300. The van der Waals surface area contributed by atoms with Gasteiger partial charge < -0.3 is 15.5 Å². The van der Waals surface area contributed by atoms with E-state index in [-0.39, 0.29) is 6.04 Å². The lowest BCUT2D eigenvalue weighted by molar-refractivity contribution is 0.670. The molecular weight excluding hydrogens is 572 g/mol. The summed E-state index contributed by atoms with van der Waals surface area (Å²) in [6.07, 6.45) is 0.801. The second-order valence-electron chi connectivity index (χ2n) is 12.0. The van der Waals surface area contributed by atoms with E-state index in [9.17, 15) is 0 Å². The summed E-state index contributed by atoms with van der Waals surface area (Å²) in [5.74, 6) is 0. The van der Waals surface area contributed by atoms with Crippen molar-refractivity contribution in [3.63, 3.8) is 0 Å². The number of hydrogen-bond acceptors (Lipinski definition) is 3. The summed E-state index contributed by atoms with van der Waals surface area (Å²) in [6.45, 7) is 0. The molecule has 0 amide bonds. The molecule has 1 aromatic heterocycles. The first kappa shape index (κ1) is 28.6. The Morgan fingerprint density at radius 3 is 2.00 bits per heavy atom. The molecule has 8 aromatic rings. The van der Waals surface area contributed by atoms with Gasteiger partial charge in [0.2, 0.25) is 0 Å². The molecule has 0 aliphatic carbocycles. The third-order valence-corrected chi connectivity index (χ3v) is 8.93. The van der Waals surface area contributed by atoms with E-state index in [0.29, 0.717) is 0 Å². The molecule has 0 spiro atoms. The minimum atomic E-state index is -0.0667. The summed E-state index contributed by atoms with van der Waals surface area (Å²) < 4.78 is 6.43. The van der Waals surface area contributed by atoms with Crippen LogP contribution in [0.1, 0.15) is 17.2 Å². The third-order valence-electron chi connectivity index (χ3n) is 8.93. The van der Waals surface area contributed by atoms with Gasteiger partial charge in [0.25, 0.3) is 0 Å². The van der Waals surface area contributed by atoms with Gasteiger partial charge in [-0.1, -0.05) is 133 Å². The maximum absolute atomic E-state index is 6.60. The summed E-state index contributed by atoms with van der Waals surface area (Å²) in [5, 5.41) is 5.97. The van der Waals surface area contributed by atoms with Crippen LogP contribution in [0, 0.1) is 0 Å². The number of rotatable bonds is 8. The molecule has 0 radical (unpaired) electrons. The van der Waals surface area contributed by atoms with Gasteiger partial charge in [-0.25, -0.2) is 0 Å². The normalized spacial score (nSPS) is 11.9. The number of nitrogens with two attached hydrogens (primary N) is 1. The van der Waals surface area contributed by atoms with E-state index in [1.54, 1.807) is 0 Å². The van der Waals surface area contributed by atoms with Crippen LogP contribution in [0.5, 0.6) is 0 Å². The molecule has 8 rings (SSSR count). The highest BCUT2D eigenvalue weighted by atomic mass is 16.3. The highest BCUT2D eigenvalue weighted by molar-refractivity contribution is 6.09. The van der Waals surface area contributed by atoms with Gasteiger partial charge in [0.1, 0.15) is 11.2 Å². The van der Waals surface area contributed by atoms with E-state index in [1.807, 2.05) is 18.2 Å². The fraction of sp³-hybridized carbons (Fsp3) is 0.0455. The highest BCUT2D eigenvalue weighted by Gasteiger charge is 2.15. The Kier molecular flexibility index (Phi) is 7.58. The molecule has 0 fully saturated rings. The smallest absolute Gasteiger partial charge is 0.143 e. The van der Waals surface area contributed by atoms with Crippen LogP contribution in [-0.4, -0.2) is 0 Å². The van der Waals surface area contributed by atoms with Crippen LogP contribution in [0.25, 0.3) is 55.3 Å². The van der Waals surface area contributed by atoms with E-state index in [1.165, 1.54) is 16.7 Å². The lowest BCUT2D eigenvalue weighted by atomic mass is 9.94. The Morgan fingerprint density at radius 1 is 0.511 bits per heavy atom. The second kappa shape index (κ2) is 12.5. The first-order valence-electron chi connectivity index (χ1n) is 16.1. The van der Waals surface area contributed by atoms with E-state index in [2.05, 4.69) is 157 Å². The van der Waals surface area contributed by atoms with Crippen molar-refractivity contribution in [2.24, 2.45) is 5.73 Å². The van der Waals surface area contributed by atoms with E-state index >= 15 is 0 Å². The van der Waals surface area contributed by atoms with Gasteiger partial charge in [-0.05, 0) is 76.2 Å². The van der Waals surface area contributed by atoms with Crippen LogP contribution in [0.3, 0.4) is 0 Å². The maximum atomic E-state index is 6.60. The van der Waals surface area contributed by atoms with Crippen LogP contribution in [0.4, 0.5) is 11.4 Å². The molecule has 3 heteroatoms. The molecule has 3 N–H and O–H groups in total. The van der Waals surface area contributed by atoms with Crippen LogP contribution >= 0.6 is 0 Å². The average molecular weight is 607 g/mol. The van der Waals surface area contributed by atoms with Gasteiger partial charge in [0, 0.05) is 39.3 Å². The Labute approximate surface area is 274 Å². The van der Waals surface area contributed by atoms with Gasteiger partial charge in [-0.15, -0.1) is 0 Å². The summed E-state index contributed by atoms with van der Waals surface area (Å²) in [7, 11) is 0. The molecule has 3 nitrogen and oxygen atoms in total. The van der Waals surface area contributed by atoms with Crippen LogP contribution in [0.2, 0.25) is 0 Å². The molecule has 1 heterocycles. The molecule has 1 atom stereocenters. The predicted molar refractivity (Wildman–Crippen MR) is 197 cm³/mol. The van der Waals surface area contributed by atoms with Crippen molar-refractivity contribution in [1.29, 1.82) is 0 Å². The molecular formula is C44H34N2O. The molecule has 7 aromatic carbocycles. The van der Waals surface area contributed by atoms with Gasteiger partial charge >= 0.3 is 0 Å². The Hall–Kier alpha value is -5.90. The summed E-state index contributed by atoms with van der Waals surface area (Å²) >= 11 is 0. The number of nitrogens with one attached hydrogen (secondary N) is 1. The summed E-state index contributed by atoms with van der Waals surface area (Å²) in [6, 6.07) is 59.4. The van der Waals surface area contributed by atoms with Crippen LogP contribution in [0.15, 0.2) is 174 Å². The number of para-hydroxylation sites is 2. The average Bonchev–Trinajstić information content (AvgIpc) is 3.52. The number of hydrogen-bond donors (Lipinski definition) is 2. The van der Waals surface area contributed by atoms with Gasteiger partial charge in [-0.2, -0.15) is 0 Å². The van der Waals surface area contributed by atoms with Gasteiger partial charge in [0.05, 0.1) is 0 Å². The quantitative estimate of drug-likeness (QED) is 0.181. The van der Waals surface area contributed by atoms with Crippen LogP contribution < -0.4 is 11.1 Å². The van der Waals surface area contributed by atoms with Crippen molar-refractivity contribution in [3.05, 3.63) is 181 Å². The molecule has 226 valence electrons. The zero-order chi connectivity index (χ0) is 31.6. The summed E-state index contributed by atoms with van der Waals surface area (Å²) in [4.78, 5) is 0. The van der Waals surface area contributed by atoms with E-state index < -0.39 is 0 Å². The van der Waals surface area contributed by atoms with E-state index in [0.717, 1.165) is 67.6 Å². The highest BCUT2D eigenvalue weighted by Crippen LogP contribution is 2.40. The number of anilines is 2. The van der Waals surface area contributed by atoms with Crippen molar-refractivity contribution in [3.8, 4) is 33.4 Å². The molecule has 0 saturated heterocycles. The molecule has 0 unspecified atom stereocenters. The van der Waals surface area contributed by atoms with Gasteiger partial charge in [0.15, 0.2) is 0 Å². The fourth-order valence-corrected chi connectivity index (χ4v) is 6.49. The Balaban J connectivity index is 1.18. The van der Waals surface area contributed by atoms with Crippen molar-refractivity contribution in [1.82, 2.24) is 0 Å². The topological polar surface area (TPSA) is 51.2 Å². The molecule has 0 bridgehead atoms. The molecule has 0 aliphatic rings. The first-order valence-corrected chi connectivity index (χ1v) is 16.1. The minimum Gasteiger partial charge on any atom is -0.455 e. The maximum Gasteiger partial charge on any atom is 0.143 e. The largest absolute Gasteiger partial charge is 0.455 e. The van der Waals surface area contributed by atoms with Crippen molar-refractivity contribution in [2.75, 3.05) is 5.32 Å². The molecule has 0 aliphatic heterocycles. The number of furan rings is 1. The summed E-state index contributed by atoms with van der Waals surface area (Å²) in [5.41, 5.74) is 19.6. The lowest BCUT2D eigenvalue weighted by Crippen LogP contribution is -2.13. The molecule has 0 saturated carbocycles. The van der Waals surface area contributed by atoms with Gasteiger partial charge in [-0.3, -0.25) is 0 Å². The van der Waals surface area contributed by atoms with Crippen molar-refractivity contribution >= 4 is 33.3 Å². The fourth-order valence-electron chi connectivity index (χ4n) is 6.49. The number of benzene rings is 7. The standard InChI is InChI=1S/C44H34N2O/c45-41(27-30-11-3-1-4-12-30)32-21-24-36(25-22-32)46-42-26-23-35(37-18-10-19-39-38-17-7-8-20-43(38)47-44(37)39)29-40(42)34-16-9-15-33(28-34)31-13-5-2-6-14-31/h1-26,28-29,41,46H,27,45H2/t41-/m1/s1. The predicted octanol–water partition coefficient (Wildman–Crippen LogP) is 11.6. The van der Waals surface area contributed by atoms with Crippen molar-refractivity contribution in [2.45, 2.75) is 12.5 Å². The monoisotopic (exact) mass is 606 g/mol. The zero-order valence-electron chi connectivity index (χ0n) is 25.9. The van der Waals surface area contributed by atoms with Crippen molar-refractivity contribution < 1.29 is 4.42 Å².